The molecule has 0 spiro atoms. The zero-order chi connectivity index (χ0) is 26.0. The van der Waals surface area contributed by atoms with E-state index in [2.05, 4.69) is 46.5 Å². The minimum absolute atomic E-state index is 0.0216. The molecule has 0 aliphatic carbocycles. The molecule has 8 nitrogen and oxygen atoms in total. The lowest BCUT2D eigenvalue weighted by molar-refractivity contribution is -0.135. The molecule has 194 valence electrons. The summed E-state index contributed by atoms with van der Waals surface area (Å²) in [6, 6.07) is 14.5. The molecule has 2 N–H and O–H groups in total. The summed E-state index contributed by atoms with van der Waals surface area (Å²) < 4.78 is 25.4. The Kier molecular flexibility index (Phi) is 7.23. The third-order valence-electron chi connectivity index (χ3n) is 6.39. The fourth-order valence-electron chi connectivity index (χ4n) is 4.53. The van der Waals surface area contributed by atoms with Crippen LogP contribution in [0.5, 0.6) is 0 Å². The van der Waals surface area contributed by atoms with Crippen LogP contribution in [0.15, 0.2) is 53.9 Å². The zero-order valence-electron chi connectivity index (χ0n) is 20.7. The number of ether oxygens (including phenoxy) is 2. The highest BCUT2D eigenvalue weighted by Gasteiger charge is 2.40. The van der Waals surface area contributed by atoms with Crippen LogP contribution in [0.25, 0.3) is 11.3 Å². The number of thiazole rings is 1. The number of aromatic nitrogens is 1. The highest BCUT2D eigenvalue weighted by Crippen LogP contribution is 2.34. The second-order valence-electron chi connectivity index (χ2n) is 9.52. The van der Waals surface area contributed by atoms with Crippen LogP contribution in [0.4, 0.5) is 15.2 Å². The van der Waals surface area contributed by atoms with Crippen molar-refractivity contribution in [3.8, 4) is 11.3 Å². The number of benzene rings is 2. The van der Waals surface area contributed by atoms with Gasteiger partial charge in [0.2, 0.25) is 5.91 Å². The molecule has 5 rings (SSSR count). The number of nitrogens with zero attached hydrogens (tertiary/aromatic N) is 2. The van der Waals surface area contributed by atoms with Gasteiger partial charge >= 0.3 is 0 Å². The number of rotatable bonds is 7. The molecule has 2 aromatic carbocycles. The molecule has 0 unspecified atom stereocenters. The van der Waals surface area contributed by atoms with E-state index in [-0.39, 0.29) is 37.5 Å². The van der Waals surface area contributed by atoms with Gasteiger partial charge in [0.1, 0.15) is 0 Å². The van der Waals surface area contributed by atoms with E-state index in [1.165, 1.54) is 17.4 Å². The van der Waals surface area contributed by atoms with Crippen molar-refractivity contribution in [2.24, 2.45) is 0 Å². The third-order valence-corrected chi connectivity index (χ3v) is 7.15. The van der Waals surface area contributed by atoms with E-state index in [1.807, 2.05) is 17.5 Å². The Balaban J connectivity index is 1.17. The number of anilines is 2. The van der Waals surface area contributed by atoms with E-state index < -0.39 is 17.5 Å². The predicted molar refractivity (Wildman–Crippen MR) is 141 cm³/mol. The second kappa shape index (κ2) is 10.6. The predicted octanol–water partition coefficient (Wildman–Crippen LogP) is 3.99. The van der Waals surface area contributed by atoms with Crippen molar-refractivity contribution in [1.82, 2.24) is 10.3 Å². The van der Waals surface area contributed by atoms with Gasteiger partial charge in [-0.15, -0.1) is 11.3 Å². The maximum atomic E-state index is 14.6. The van der Waals surface area contributed by atoms with Crippen molar-refractivity contribution < 1.29 is 23.5 Å². The fraction of sp³-hybridized carbons (Fsp3) is 0.370. The van der Waals surface area contributed by atoms with Crippen LogP contribution >= 0.6 is 11.3 Å². The smallest absolute Gasteiger partial charge is 0.251 e. The van der Waals surface area contributed by atoms with Crippen molar-refractivity contribution in [3.05, 3.63) is 65.0 Å². The van der Waals surface area contributed by atoms with Gasteiger partial charge in [0.25, 0.3) is 5.91 Å². The molecule has 1 aromatic heterocycles. The van der Waals surface area contributed by atoms with Gasteiger partial charge < -0.3 is 25.0 Å². The number of nitrogens with one attached hydrogen (secondary N) is 2. The molecule has 2 amide bonds. The molecule has 2 atom stereocenters. The summed E-state index contributed by atoms with van der Waals surface area (Å²) in [6.07, 6.45) is 0.325. The highest BCUT2D eigenvalue weighted by molar-refractivity contribution is 7.14. The summed E-state index contributed by atoms with van der Waals surface area (Å²) in [5.41, 5.74) is 1.94. The average Bonchev–Trinajstić information content (AvgIpc) is 3.34. The van der Waals surface area contributed by atoms with Gasteiger partial charge in [0.05, 0.1) is 37.7 Å². The molecule has 0 bridgehead atoms. The Hall–Kier alpha value is -3.34. The third kappa shape index (κ3) is 5.82. The van der Waals surface area contributed by atoms with Gasteiger partial charge in [-0.2, -0.15) is 0 Å². The van der Waals surface area contributed by atoms with Crippen LogP contribution in [0.3, 0.4) is 0 Å². The normalized spacial score (nSPS) is 20.7. The summed E-state index contributed by atoms with van der Waals surface area (Å²) in [6.45, 7) is 5.52. The first-order valence-corrected chi connectivity index (χ1v) is 13.1. The first kappa shape index (κ1) is 25.3. The van der Waals surface area contributed by atoms with Crippen molar-refractivity contribution in [2.45, 2.75) is 31.7 Å². The summed E-state index contributed by atoms with van der Waals surface area (Å²) in [4.78, 5) is 31.8. The molecule has 0 radical (unpaired) electrons. The number of amides is 2. The molecule has 3 heterocycles. The number of hydrogen-bond donors (Lipinski definition) is 2. The Labute approximate surface area is 218 Å². The largest absolute Gasteiger partial charge is 0.374 e. The number of halogens is 1. The molecule has 0 saturated carbocycles. The zero-order valence-corrected chi connectivity index (χ0v) is 21.5. The Morgan fingerprint density at radius 2 is 1.89 bits per heavy atom. The summed E-state index contributed by atoms with van der Waals surface area (Å²) in [5.74, 6) is -0.853. The highest BCUT2D eigenvalue weighted by atomic mass is 32.1. The molecular weight excluding hydrogens is 495 g/mol. The van der Waals surface area contributed by atoms with Gasteiger partial charge in [-0.25, -0.2) is 9.37 Å². The molecule has 2 fully saturated rings. The number of carbonyl (C=O) groups excluding carboxylic acids is 2. The fourth-order valence-corrected chi connectivity index (χ4v) is 5.26. The number of morpholine rings is 1. The van der Waals surface area contributed by atoms with Gasteiger partial charge in [0, 0.05) is 35.3 Å². The summed E-state index contributed by atoms with van der Waals surface area (Å²) >= 11 is 1.32. The first-order valence-electron chi connectivity index (χ1n) is 12.2. The van der Waals surface area contributed by atoms with E-state index in [4.69, 9.17) is 9.47 Å². The monoisotopic (exact) mass is 524 g/mol. The van der Waals surface area contributed by atoms with Gasteiger partial charge in [-0.05, 0) is 43.7 Å². The Bertz CT molecular complexity index is 1280. The lowest BCUT2D eigenvalue weighted by Gasteiger charge is -2.37. The van der Waals surface area contributed by atoms with Crippen molar-refractivity contribution in [2.75, 3.05) is 43.1 Å². The Morgan fingerprint density at radius 3 is 2.62 bits per heavy atom. The van der Waals surface area contributed by atoms with Crippen LogP contribution < -0.4 is 15.5 Å². The number of hydrogen-bond acceptors (Lipinski definition) is 7. The van der Waals surface area contributed by atoms with Crippen LogP contribution in [-0.2, 0) is 19.9 Å². The molecule has 2 aliphatic rings. The quantitative estimate of drug-likeness (QED) is 0.486. The van der Waals surface area contributed by atoms with Crippen LogP contribution in [0, 0.1) is 0 Å². The van der Waals surface area contributed by atoms with E-state index in [0.29, 0.717) is 10.7 Å². The molecule has 2 aliphatic heterocycles. The van der Waals surface area contributed by atoms with E-state index in [1.54, 1.807) is 18.2 Å². The van der Waals surface area contributed by atoms with Crippen LogP contribution in [0.1, 0.15) is 29.8 Å². The lowest BCUT2D eigenvalue weighted by Crippen LogP contribution is -2.45. The molecule has 3 aromatic rings. The Morgan fingerprint density at radius 1 is 1.14 bits per heavy atom. The van der Waals surface area contributed by atoms with Crippen molar-refractivity contribution in [3.63, 3.8) is 0 Å². The van der Waals surface area contributed by atoms with Gasteiger partial charge in [-0.1, -0.05) is 24.3 Å². The van der Waals surface area contributed by atoms with E-state index >= 15 is 0 Å². The van der Waals surface area contributed by atoms with E-state index in [0.717, 1.165) is 30.0 Å². The van der Waals surface area contributed by atoms with Crippen LogP contribution in [-0.4, -0.2) is 61.9 Å². The SMILES string of the molecule is C[C@@H]1CN(c2cccc(-c3csc(NC(=O)CNC(=O)c4cccc(C5(F)COC5)c4)n3)c2)C[C@H](C)O1. The topological polar surface area (TPSA) is 92.8 Å². The van der Waals surface area contributed by atoms with Crippen molar-refractivity contribution in [1.29, 1.82) is 0 Å². The van der Waals surface area contributed by atoms with E-state index in [9.17, 15) is 14.0 Å². The molecule has 2 saturated heterocycles. The minimum Gasteiger partial charge on any atom is -0.374 e. The van der Waals surface area contributed by atoms with Crippen LogP contribution in [0.2, 0.25) is 0 Å². The summed E-state index contributed by atoms with van der Waals surface area (Å²) in [7, 11) is 0. The minimum atomic E-state index is -1.56. The average molecular weight is 525 g/mol. The van der Waals surface area contributed by atoms with Crippen molar-refractivity contribution >= 4 is 34.0 Å². The number of alkyl halides is 1. The standard InChI is InChI=1S/C27H29FN4O4S/c1-17-12-32(13-18(2)36-17)22-8-4-5-19(10-22)23-14-37-26(30-23)31-24(33)11-29-25(34)20-6-3-7-21(9-20)27(28)15-35-16-27/h3-10,14,17-18H,11-13,15-16H2,1-2H3,(H,29,34)(H,30,31,33)/t17-,18+. The molecule has 37 heavy (non-hydrogen) atoms. The lowest BCUT2D eigenvalue weighted by atomic mass is 9.92. The van der Waals surface area contributed by atoms with Gasteiger partial charge in [0.15, 0.2) is 10.8 Å². The first-order chi connectivity index (χ1) is 17.8. The number of carbonyl (C=O) groups is 2. The maximum absolute atomic E-state index is 14.6. The van der Waals surface area contributed by atoms with Gasteiger partial charge in [-0.3, -0.25) is 9.59 Å². The second-order valence-corrected chi connectivity index (χ2v) is 10.4. The molecule has 10 heteroatoms. The maximum Gasteiger partial charge on any atom is 0.251 e. The summed E-state index contributed by atoms with van der Waals surface area (Å²) in [5, 5.41) is 7.65. The molecular formula is C27H29FN4O4S.